The normalized spacial score (nSPS) is 11.8. The van der Waals surface area contributed by atoms with Gasteiger partial charge in [-0.05, 0) is 60.7 Å². The first-order valence-corrected chi connectivity index (χ1v) is 11.3. The SMILES string of the molecule is O=C(Nc1ccc(NS(=O)(=O)c2ccc(F)cc2)cc1)c1cccnc1SCC(F)(F)F. The van der Waals surface area contributed by atoms with Crippen molar-refractivity contribution in [3.05, 3.63) is 78.2 Å². The van der Waals surface area contributed by atoms with Crippen LogP contribution in [0.1, 0.15) is 10.4 Å². The van der Waals surface area contributed by atoms with Gasteiger partial charge in [0.15, 0.2) is 0 Å². The fourth-order valence-electron chi connectivity index (χ4n) is 2.48. The number of benzene rings is 2. The third-order valence-electron chi connectivity index (χ3n) is 3.91. The van der Waals surface area contributed by atoms with Gasteiger partial charge in [0.1, 0.15) is 10.8 Å². The van der Waals surface area contributed by atoms with Gasteiger partial charge in [-0.1, -0.05) is 11.8 Å². The van der Waals surface area contributed by atoms with Crippen molar-refractivity contribution in [2.45, 2.75) is 16.1 Å². The number of alkyl halides is 3. The van der Waals surface area contributed by atoms with Gasteiger partial charge in [-0.2, -0.15) is 13.2 Å². The Labute approximate surface area is 185 Å². The summed E-state index contributed by atoms with van der Waals surface area (Å²) in [6.07, 6.45) is -3.12. The number of halogens is 4. The van der Waals surface area contributed by atoms with Crippen LogP contribution in [0.25, 0.3) is 0 Å². The quantitative estimate of drug-likeness (QED) is 0.366. The summed E-state index contributed by atoms with van der Waals surface area (Å²) >= 11 is 0.403. The molecule has 0 saturated heterocycles. The Hall–Kier alpha value is -3.12. The lowest BCUT2D eigenvalue weighted by atomic mass is 10.2. The van der Waals surface area contributed by atoms with E-state index in [1.807, 2.05) is 0 Å². The predicted molar refractivity (Wildman–Crippen MR) is 113 cm³/mol. The number of hydrogen-bond acceptors (Lipinski definition) is 5. The van der Waals surface area contributed by atoms with Crippen molar-refractivity contribution in [1.82, 2.24) is 4.98 Å². The lowest BCUT2D eigenvalue weighted by Gasteiger charge is -2.11. The van der Waals surface area contributed by atoms with E-state index in [4.69, 9.17) is 0 Å². The molecule has 0 aliphatic heterocycles. The van der Waals surface area contributed by atoms with Crippen molar-refractivity contribution in [1.29, 1.82) is 0 Å². The topological polar surface area (TPSA) is 88.2 Å². The molecular weight excluding hydrogens is 470 g/mol. The van der Waals surface area contributed by atoms with Crippen molar-refractivity contribution < 1.29 is 30.8 Å². The van der Waals surface area contributed by atoms with E-state index >= 15 is 0 Å². The predicted octanol–water partition coefficient (Wildman–Crippen LogP) is 4.93. The Balaban J connectivity index is 1.68. The van der Waals surface area contributed by atoms with Crippen molar-refractivity contribution in [3.63, 3.8) is 0 Å². The number of carbonyl (C=O) groups is 1. The summed E-state index contributed by atoms with van der Waals surface area (Å²) < 4.78 is 77.5. The Kier molecular flexibility index (Phi) is 7.04. The lowest BCUT2D eigenvalue weighted by molar-refractivity contribution is -0.105. The van der Waals surface area contributed by atoms with Crippen LogP contribution in [-0.4, -0.2) is 31.2 Å². The third-order valence-corrected chi connectivity index (χ3v) is 6.37. The summed E-state index contributed by atoms with van der Waals surface area (Å²) in [6, 6.07) is 12.7. The molecule has 0 fully saturated rings. The Morgan fingerprint density at radius 3 is 2.22 bits per heavy atom. The van der Waals surface area contributed by atoms with Gasteiger partial charge in [-0.25, -0.2) is 17.8 Å². The minimum atomic E-state index is -4.41. The minimum absolute atomic E-state index is 0.0251. The molecule has 1 aromatic heterocycles. The molecule has 1 heterocycles. The molecule has 6 nitrogen and oxygen atoms in total. The molecule has 3 rings (SSSR count). The Bertz CT molecular complexity index is 1200. The monoisotopic (exact) mass is 485 g/mol. The molecule has 0 unspecified atom stereocenters. The van der Waals surface area contributed by atoms with E-state index < -0.39 is 33.7 Å². The molecular formula is C20H15F4N3O3S2. The van der Waals surface area contributed by atoms with Crippen LogP contribution in [0, 0.1) is 5.82 Å². The standard InChI is InChI=1S/C20H15F4N3O3S2/c21-13-3-9-16(10-4-13)32(29,30)27-15-7-5-14(6-8-15)26-18(28)17-2-1-11-25-19(17)31-12-20(22,23)24/h1-11,27H,12H2,(H,26,28). The van der Waals surface area contributed by atoms with E-state index in [9.17, 15) is 30.8 Å². The average molecular weight is 485 g/mol. The molecule has 0 radical (unpaired) electrons. The zero-order valence-corrected chi connectivity index (χ0v) is 17.7. The third kappa shape index (κ3) is 6.44. The molecule has 2 aromatic carbocycles. The van der Waals surface area contributed by atoms with Gasteiger partial charge in [-0.15, -0.1) is 0 Å². The Morgan fingerprint density at radius 1 is 0.969 bits per heavy atom. The van der Waals surface area contributed by atoms with E-state index in [-0.39, 0.29) is 26.9 Å². The van der Waals surface area contributed by atoms with Crippen molar-refractivity contribution in [2.75, 3.05) is 15.8 Å². The molecule has 0 bridgehead atoms. The highest BCUT2D eigenvalue weighted by molar-refractivity contribution is 7.99. The van der Waals surface area contributed by atoms with Crippen LogP contribution in [0.4, 0.5) is 28.9 Å². The van der Waals surface area contributed by atoms with Gasteiger partial charge in [0, 0.05) is 17.6 Å². The van der Waals surface area contributed by atoms with Crippen LogP contribution in [0.5, 0.6) is 0 Å². The lowest BCUT2D eigenvalue weighted by Crippen LogP contribution is -2.16. The number of pyridine rings is 1. The van der Waals surface area contributed by atoms with E-state index in [0.717, 1.165) is 24.3 Å². The summed E-state index contributed by atoms with van der Waals surface area (Å²) in [5, 5.41) is 2.47. The van der Waals surface area contributed by atoms with Gasteiger partial charge in [0.2, 0.25) is 0 Å². The van der Waals surface area contributed by atoms with Crippen LogP contribution in [0.3, 0.4) is 0 Å². The molecule has 32 heavy (non-hydrogen) atoms. The molecule has 0 atom stereocenters. The summed E-state index contributed by atoms with van der Waals surface area (Å²) in [6.45, 7) is 0. The van der Waals surface area contributed by atoms with Gasteiger partial charge in [0.25, 0.3) is 15.9 Å². The molecule has 2 N–H and O–H groups in total. The van der Waals surface area contributed by atoms with Crippen LogP contribution in [0.15, 0.2) is 76.8 Å². The number of anilines is 2. The highest BCUT2D eigenvalue weighted by atomic mass is 32.2. The second-order valence-electron chi connectivity index (χ2n) is 6.35. The van der Waals surface area contributed by atoms with Crippen LogP contribution < -0.4 is 10.0 Å². The molecule has 3 aromatic rings. The van der Waals surface area contributed by atoms with Crippen molar-refractivity contribution in [3.8, 4) is 0 Å². The molecule has 0 saturated carbocycles. The zero-order valence-electron chi connectivity index (χ0n) is 16.1. The fourth-order valence-corrected chi connectivity index (χ4v) is 4.29. The second-order valence-corrected chi connectivity index (χ2v) is 9.00. The summed E-state index contributed by atoms with van der Waals surface area (Å²) in [4.78, 5) is 16.2. The molecule has 0 spiro atoms. The first kappa shape index (κ1) is 23.5. The molecule has 0 aliphatic carbocycles. The molecule has 168 valence electrons. The average Bonchev–Trinajstić information content (AvgIpc) is 2.73. The summed E-state index contributed by atoms with van der Waals surface area (Å²) in [5.74, 6) is -2.42. The fraction of sp³-hybridized carbons (Fsp3) is 0.100. The zero-order chi connectivity index (χ0) is 23.4. The number of hydrogen-bond donors (Lipinski definition) is 2. The van der Waals surface area contributed by atoms with E-state index in [1.54, 1.807) is 0 Å². The maximum atomic E-state index is 13.0. The van der Waals surface area contributed by atoms with Crippen LogP contribution in [0.2, 0.25) is 0 Å². The number of rotatable bonds is 7. The van der Waals surface area contributed by atoms with Gasteiger partial charge >= 0.3 is 6.18 Å². The number of thioether (sulfide) groups is 1. The number of nitrogens with one attached hydrogen (secondary N) is 2. The number of nitrogens with zero attached hydrogens (tertiary/aromatic N) is 1. The van der Waals surface area contributed by atoms with Crippen molar-refractivity contribution in [2.24, 2.45) is 0 Å². The Morgan fingerprint density at radius 2 is 1.59 bits per heavy atom. The summed E-state index contributed by atoms with van der Waals surface area (Å²) in [7, 11) is -3.94. The van der Waals surface area contributed by atoms with E-state index in [0.29, 0.717) is 11.8 Å². The van der Waals surface area contributed by atoms with E-state index in [2.05, 4.69) is 15.0 Å². The number of aromatic nitrogens is 1. The first-order chi connectivity index (χ1) is 15.0. The second kappa shape index (κ2) is 9.57. The highest BCUT2D eigenvalue weighted by Crippen LogP contribution is 2.28. The van der Waals surface area contributed by atoms with Crippen molar-refractivity contribution >= 4 is 39.1 Å². The minimum Gasteiger partial charge on any atom is -0.322 e. The number of carbonyl (C=O) groups excluding carboxylic acids is 1. The smallest absolute Gasteiger partial charge is 0.322 e. The van der Waals surface area contributed by atoms with Crippen LogP contribution >= 0.6 is 11.8 Å². The largest absolute Gasteiger partial charge is 0.398 e. The molecule has 0 aliphatic rings. The van der Waals surface area contributed by atoms with Gasteiger partial charge < -0.3 is 5.32 Å². The van der Waals surface area contributed by atoms with Gasteiger partial charge in [-0.3, -0.25) is 9.52 Å². The maximum absolute atomic E-state index is 13.0. The highest BCUT2D eigenvalue weighted by Gasteiger charge is 2.28. The summed E-state index contributed by atoms with van der Waals surface area (Å²) in [5.41, 5.74) is 0.452. The van der Waals surface area contributed by atoms with Gasteiger partial charge in [0.05, 0.1) is 16.2 Å². The molecule has 12 heteroatoms. The maximum Gasteiger partial charge on any atom is 0.398 e. The number of sulfonamides is 1. The first-order valence-electron chi connectivity index (χ1n) is 8.88. The van der Waals surface area contributed by atoms with E-state index in [1.165, 1.54) is 42.6 Å². The van der Waals surface area contributed by atoms with Crippen LogP contribution in [-0.2, 0) is 10.0 Å². The molecule has 1 amide bonds. The number of amides is 1.